The lowest BCUT2D eigenvalue weighted by molar-refractivity contribution is -0.514. The molecule has 1 aromatic carbocycles. The molecule has 12 nitrogen and oxygen atoms in total. The maximum atomic E-state index is 13.5. The van der Waals surface area contributed by atoms with Gasteiger partial charge in [-0.15, -0.1) is 0 Å². The van der Waals surface area contributed by atoms with Crippen LogP contribution in [0.1, 0.15) is 44.8 Å². The first-order chi connectivity index (χ1) is 18.8. The second kappa shape index (κ2) is 9.53. The van der Waals surface area contributed by atoms with Gasteiger partial charge in [-0.05, 0) is 55.0 Å². The summed E-state index contributed by atoms with van der Waals surface area (Å²) in [6, 6.07) is 9.30. The normalized spacial score (nSPS) is 28.8. The predicted molar refractivity (Wildman–Crippen MR) is 143 cm³/mol. The van der Waals surface area contributed by atoms with E-state index < -0.39 is 29.9 Å². The number of guanidine groups is 2. The molecule has 0 saturated carbocycles. The summed E-state index contributed by atoms with van der Waals surface area (Å²) in [6.45, 7) is 0.448. The molecule has 1 aromatic heterocycles. The average Bonchev–Trinajstić information content (AvgIpc) is 3.44. The number of nitrogens with one attached hydrogen (secondary N) is 3. The fourth-order valence-electron chi connectivity index (χ4n) is 6.56. The van der Waals surface area contributed by atoms with E-state index in [1.54, 1.807) is 36.3 Å². The Hall–Kier alpha value is -4.19. The molecule has 1 saturated heterocycles. The highest BCUT2D eigenvalue weighted by molar-refractivity contribution is 5.96. The number of aromatic nitrogens is 1. The van der Waals surface area contributed by atoms with Gasteiger partial charge in [0.25, 0.3) is 11.8 Å². The number of nitrogens with zero attached hydrogens (tertiary/aromatic N) is 4. The van der Waals surface area contributed by atoms with Crippen LogP contribution >= 0.6 is 0 Å². The second-order valence-electron chi connectivity index (χ2n) is 10.7. The Balaban J connectivity index is 1.24. The lowest BCUT2D eigenvalue weighted by Crippen LogP contribution is -2.88. The van der Waals surface area contributed by atoms with Gasteiger partial charge in [0.15, 0.2) is 12.0 Å². The molecular formula is C27H34N9O3+. The van der Waals surface area contributed by atoms with Gasteiger partial charge in [0.1, 0.15) is 17.8 Å². The van der Waals surface area contributed by atoms with Crippen LogP contribution < -0.4 is 27.1 Å². The number of nitrogens with two attached hydrogens (primary N) is 2. The molecule has 0 radical (unpaired) electrons. The molecule has 1 spiro atoms. The highest BCUT2D eigenvalue weighted by Crippen LogP contribution is 2.36. The number of pyridine rings is 1. The molecule has 12 heteroatoms. The van der Waals surface area contributed by atoms with Crippen LogP contribution in [0.3, 0.4) is 0 Å². The molecule has 2 unspecified atom stereocenters. The first kappa shape index (κ1) is 25.1. The maximum absolute atomic E-state index is 13.5. The third-order valence-electron chi connectivity index (χ3n) is 8.39. The highest BCUT2D eigenvalue weighted by atomic mass is 16.3. The SMILES string of the molecule is CN(C[C@@H]1N=C(N)N2CC(NC(=O)c3cccc4c3CCCC4)[C@@H](O)C23NC(N)=[NH+][C@@H]13)C(=O)c1ccccn1. The maximum Gasteiger partial charge on any atom is 0.343 e. The Kier molecular flexibility index (Phi) is 6.13. The van der Waals surface area contributed by atoms with Crippen LogP contribution in [0, 0.1) is 0 Å². The van der Waals surface area contributed by atoms with Gasteiger partial charge >= 0.3 is 5.96 Å². The standard InChI is InChI=1S/C27H33N9O3/c1-35(24(39)18-11-4-5-12-30-18)13-19-21-27(34-25(28)33-21)22(37)20(14-36(27)26(29)32-19)31-23(38)17-10-6-8-15-7-2-3-9-16(15)17/h4-6,8,10-12,19-22,37H,2-3,7,9,13-14H2,1H3,(H2,29,32)(H,31,38)(H3,28,33,34)/p+1/t19-,20?,21-,22+,27?/m0/s1. The molecule has 4 heterocycles. The first-order valence-corrected chi connectivity index (χ1v) is 13.3. The first-order valence-electron chi connectivity index (χ1n) is 13.3. The fourth-order valence-corrected chi connectivity index (χ4v) is 6.56. The third-order valence-corrected chi connectivity index (χ3v) is 8.39. The molecule has 5 atom stereocenters. The van der Waals surface area contributed by atoms with Crippen molar-refractivity contribution in [3.05, 3.63) is 65.0 Å². The van der Waals surface area contributed by atoms with Crippen molar-refractivity contribution in [1.29, 1.82) is 0 Å². The molecule has 3 aliphatic heterocycles. The summed E-state index contributed by atoms with van der Waals surface area (Å²) in [5.74, 6) is -0.0121. The molecule has 1 aliphatic carbocycles. The van der Waals surface area contributed by atoms with Crippen LogP contribution in [0.2, 0.25) is 0 Å². The predicted octanol–water partition coefficient (Wildman–Crippen LogP) is -2.73. The quantitative estimate of drug-likeness (QED) is 0.240. The number of hydrogen-bond donors (Lipinski definition) is 6. The number of aliphatic imine (C=N–C) groups is 1. The van der Waals surface area contributed by atoms with E-state index in [1.807, 2.05) is 12.1 Å². The second-order valence-corrected chi connectivity index (χ2v) is 10.7. The van der Waals surface area contributed by atoms with E-state index in [0.29, 0.717) is 11.3 Å². The minimum Gasteiger partial charge on any atom is -0.385 e. The van der Waals surface area contributed by atoms with Crippen LogP contribution in [0.5, 0.6) is 0 Å². The Morgan fingerprint density at radius 2 is 2.05 bits per heavy atom. The van der Waals surface area contributed by atoms with Gasteiger partial charge in [-0.1, -0.05) is 18.2 Å². The van der Waals surface area contributed by atoms with Crippen molar-refractivity contribution < 1.29 is 19.7 Å². The van der Waals surface area contributed by atoms with Gasteiger partial charge in [-0.3, -0.25) is 25.3 Å². The van der Waals surface area contributed by atoms with Crippen molar-refractivity contribution in [2.75, 3.05) is 20.1 Å². The summed E-state index contributed by atoms with van der Waals surface area (Å²) >= 11 is 0. The number of amides is 2. The number of aliphatic hydroxyl groups excluding tert-OH is 1. The number of carbonyl (C=O) groups excluding carboxylic acids is 2. The summed E-state index contributed by atoms with van der Waals surface area (Å²) in [5.41, 5.74) is 14.8. The zero-order valence-electron chi connectivity index (χ0n) is 21.8. The van der Waals surface area contributed by atoms with Crippen molar-refractivity contribution in [2.24, 2.45) is 16.5 Å². The van der Waals surface area contributed by atoms with Crippen LogP contribution in [-0.4, -0.2) is 93.7 Å². The largest absolute Gasteiger partial charge is 0.385 e. The van der Waals surface area contributed by atoms with E-state index in [2.05, 4.69) is 31.7 Å². The van der Waals surface area contributed by atoms with E-state index in [9.17, 15) is 14.7 Å². The van der Waals surface area contributed by atoms with Crippen molar-refractivity contribution >= 4 is 23.7 Å². The highest BCUT2D eigenvalue weighted by Gasteiger charge is 2.68. The van der Waals surface area contributed by atoms with E-state index >= 15 is 0 Å². The summed E-state index contributed by atoms with van der Waals surface area (Å²) in [5, 5.41) is 18.0. The topological polar surface area (TPSA) is 176 Å². The van der Waals surface area contributed by atoms with Gasteiger partial charge in [0.05, 0.1) is 6.04 Å². The summed E-state index contributed by atoms with van der Waals surface area (Å²) in [4.78, 5) is 41.8. The van der Waals surface area contributed by atoms with Gasteiger partial charge in [-0.25, -0.2) is 10.3 Å². The number of rotatable bonds is 5. The van der Waals surface area contributed by atoms with E-state index in [4.69, 9.17) is 11.5 Å². The summed E-state index contributed by atoms with van der Waals surface area (Å²) in [6.07, 6.45) is 4.51. The van der Waals surface area contributed by atoms with E-state index in [0.717, 1.165) is 31.2 Å². The van der Waals surface area contributed by atoms with E-state index in [1.165, 1.54) is 10.5 Å². The molecule has 2 aromatic rings. The van der Waals surface area contributed by atoms with Crippen molar-refractivity contribution in [2.45, 2.75) is 55.6 Å². The Morgan fingerprint density at radius 1 is 1.23 bits per heavy atom. The van der Waals surface area contributed by atoms with Gasteiger partial charge in [0, 0.05) is 31.9 Å². The van der Waals surface area contributed by atoms with Gasteiger partial charge in [0.2, 0.25) is 5.66 Å². The Labute approximate surface area is 226 Å². The number of aryl methyl sites for hydroxylation is 1. The van der Waals surface area contributed by atoms with Crippen molar-refractivity contribution in [3.63, 3.8) is 0 Å². The monoisotopic (exact) mass is 532 g/mol. The van der Waals surface area contributed by atoms with Crippen LogP contribution in [0.15, 0.2) is 47.6 Å². The Morgan fingerprint density at radius 3 is 2.85 bits per heavy atom. The molecule has 8 N–H and O–H groups in total. The molecule has 6 rings (SSSR count). The smallest absolute Gasteiger partial charge is 0.343 e. The van der Waals surface area contributed by atoms with Gasteiger partial charge < -0.3 is 26.0 Å². The minimum atomic E-state index is -1.15. The van der Waals surface area contributed by atoms with E-state index in [-0.39, 0.29) is 36.8 Å². The number of hydrogen-bond acceptors (Lipinski definition) is 9. The fraction of sp³-hybridized carbons (Fsp3) is 0.444. The lowest BCUT2D eigenvalue weighted by atomic mass is 9.87. The summed E-state index contributed by atoms with van der Waals surface area (Å²) < 4.78 is 0. The van der Waals surface area contributed by atoms with Crippen LogP contribution in [-0.2, 0) is 12.8 Å². The molecule has 0 bridgehead atoms. The molecular weight excluding hydrogens is 498 g/mol. The van der Waals surface area contributed by atoms with Crippen molar-refractivity contribution in [1.82, 2.24) is 25.4 Å². The van der Waals surface area contributed by atoms with Crippen LogP contribution in [0.4, 0.5) is 0 Å². The van der Waals surface area contributed by atoms with Gasteiger partial charge in [-0.2, -0.15) is 0 Å². The molecule has 39 heavy (non-hydrogen) atoms. The number of fused-ring (bicyclic) bond motifs is 1. The van der Waals surface area contributed by atoms with Crippen LogP contribution in [0.25, 0.3) is 0 Å². The zero-order chi connectivity index (χ0) is 27.3. The van der Waals surface area contributed by atoms with Crippen molar-refractivity contribution in [3.8, 4) is 0 Å². The molecule has 204 valence electrons. The Bertz CT molecular complexity index is 1360. The minimum absolute atomic E-state index is 0.201. The average molecular weight is 533 g/mol. The molecule has 2 amide bonds. The zero-order valence-corrected chi connectivity index (χ0v) is 21.8. The third kappa shape index (κ3) is 4.06. The molecule has 1 fully saturated rings. The number of likely N-dealkylation sites (N-methyl/N-ethyl adjacent to an activating group) is 1. The number of aliphatic hydroxyl groups is 1. The molecule has 4 aliphatic rings. The number of benzene rings is 1. The summed E-state index contributed by atoms with van der Waals surface area (Å²) in [7, 11) is 1.67. The lowest BCUT2D eigenvalue weighted by Gasteiger charge is -2.44. The number of carbonyl (C=O) groups is 2.